The summed E-state index contributed by atoms with van der Waals surface area (Å²) < 4.78 is 6.06. The van der Waals surface area contributed by atoms with Gasteiger partial charge in [0.2, 0.25) is 0 Å². The van der Waals surface area contributed by atoms with Crippen molar-refractivity contribution in [2.45, 2.75) is 6.92 Å². The summed E-state index contributed by atoms with van der Waals surface area (Å²) in [6.07, 6.45) is 6.86. The summed E-state index contributed by atoms with van der Waals surface area (Å²) in [7, 11) is 0. The molecule has 0 atom stereocenters. The fourth-order valence-electron chi connectivity index (χ4n) is 0.988. The van der Waals surface area contributed by atoms with Crippen molar-refractivity contribution in [3.8, 4) is 5.88 Å². The number of aromatic nitrogens is 2. The van der Waals surface area contributed by atoms with Crippen molar-refractivity contribution in [1.29, 1.82) is 0 Å². The van der Waals surface area contributed by atoms with Crippen LogP contribution in [0, 0.1) is 0 Å². The Bertz CT molecular complexity index is 429. The summed E-state index contributed by atoms with van der Waals surface area (Å²) >= 11 is 1.23. The van der Waals surface area contributed by atoms with E-state index in [1.54, 1.807) is 12.4 Å². The third-order valence-electron chi connectivity index (χ3n) is 1.68. The monoisotopic (exact) mass is 387 g/mol. The SMILES string of the molecule is C=C(/C=C\[C](N)=[W])c1cncc(OCC)n1. The molecule has 0 bridgehead atoms. The van der Waals surface area contributed by atoms with E-state index in [4.69, 9.17) is 10.5 Å². The van der Waals surface area contributed by atoms with E-state index in [1.165, 1.54) is 19.4 Å². The molecule has 0 aliphatic rings. The van der Waals surface area contributed by atoms with E-state index in [0.29, 0.717) is 18.2 Å². The average molecular weight is 387 g/mol. The van der Waals surface area contributed by atoms with Crippen LogP contribution in [0.25, 0.3) is 5.57 Å². The van der Waals surface area contributed by atoms with Gasteiger partial charge in [-0.3, -0.25) is 0 Å². The molecule has 4 nitrogen and oxygen atoms in total. The Kier molecular flexibility index (Phi) is 5.23. The number of ether oxygens (including phenoxy) is 1. The topological polar surface area (TPSA) is 61.0 Å². The first kappa shape index (κ1) is 12.9. The minimum atomic E-state index is 0.508. The third-order valence-corrected chi connectivity index (χ3v) is 2.17. The molecule has 0 aliphatic heterocycles. The molecule has 0 saturated heterocycles. The minimum absolute atomic E-state index is 0.508. The van der Waals surface area contributed by atoms with Gasteiger partial charge in [-0.1, -0.05) is 0 Å². The number of nitrogens with two attached hydrogens (primary N) is 1. The van der Waals surface area contributed by atoms with Gasteiger partial charge in [0.15, 0.2) is 0 Å². The fourth-order valence-corrected chi connectivity index (χ4v) is 1.23. The van der Waals surface area contributed by atoms with Gasteiger partial charge in [-0.25, -0.2) is 0 Å². The van der Waals surface area contributed by atoms with Crippen LogP contribution < -0.4 is 10.5 Å². The summed E-state index contributed by atoms with van der Waals surface area (Å²) in [4.78, 5) is 8.30. The molecule has 1 heterocycles. The van der Waals surface area contributed by atoms with Gasteiger partial charge in [0, 0.05) is 0 Å². The zero-order valence-corrected chi connectivity index (χ0v) is 11.9. The second-order valence-corrected chi connectivity index (χ2v) is 4.63. The molecule has 1 aromatic heterocycles. The molecule has 0 fully saturated rings. The molecule has 0 amide bonds. The first-order chi connectivity index (χ1) is 7.63. The molecule has 0 aromatic carbocycles. The van der Waals surface area contributed by atoms with Crippen LogP contribution >= 0.6 is 0 Å². The van der Waals surface area contributed by atoms with Gasteiger partial charge in [0.1, 0.15) is 0 Å². The number of allylic oxidation sites excluding steroid dienone is 2. The van der Waals surface area contributed by atoms with Crippen molar-refractivity contribution < 1.29 is 24.1 Å². The predicted octanol–water partition coefficient (Wildman–Crippen LogP) is 1.08. The van der Waals surface area contributed by atoms with E-state index in [2.05, 4.69) is 16.5 Å². The Morgan fingerprint density at radius 2 is 2.31 bits per heavy atom. The first-order valence-electron chi connectivity index (χ1n) is 4.75. The first-order valence-corrected chi connectivity index (χ1v) is 6.21. The number of rotatable bonds is 5. The van der Waals surface area contributed by atoms with Gasteiger partial charge in [0.05, 0.1) is 0 Å². The molecular formula is C11H13N3OW. The van der Waals surface area contributed by atoms with Crippen LogP contribution in [0.4, 0.5) is 0 Å². The second kappa shape index (κ2) is 6.46. The summed E-state index contributed by atoms with van der Waals surface area (Å²) in [5, 5.41) is 0. The van der Waals surface area contributed by atoms with Crippen molar-refractivity contribution in [2.24, 2.45) is 5.73 Å². The van der Waals surface area contributed by atoms with E-state index >= 15 is 0 Å². The third kappa shape index (κ3) is 4.17. The molecule has 0 spiro atoms. The van der Waals surface area contributed by atoms with Crippen molar-refractivity contribution >= 4 is 9.59 Å². The molecular weight excluding hydrogens is 374 g/mol. The molecule has 0 radical (unpaired) electrons. The maximum absolute atomic E-state index is 5.56. The maximum atomic E-state index is 5.56. The average Bonchev–Trinajstić information content (AvgIpc) is 2.26. The Morgan fingerprint density at radius 3 is 2.94 bits per heavy atom. The van der Waals surface area contributed by atoms with Gasteiger partial charge in [-0.15, -0.1) is 0 Å². The fraction of sp³-hybridized carbons (Fsp3) is 0.182. The molecule has 0 unspecified atom stereocenters. The molecule has 1 rings (SSSR count). The van der Waals surface area contributed by atoms with Crippen LogP contribution in [0.3, 0.4) is 0 Å². The molecule has 0 saturated carbocycles. The van der Waals surface area contributed by atoms with E-state index in [9.17, 15) is 0 Å². The van der Waals surface area contributed by atoms with Crippen LogP contribution in [-0.4, -0.2) is 20.6 Å². The predicted molar refractivity (Wildman–Crippen MR) is 60.6 cm³/mol. The van der Waals surface area contributed by atoms with Gasteiger partial charge in [-0.2, -0.15) is 0 Å². The van der Waals surface area contributed by atoms with Crippen molar-refractivity contribution in [3.05, 3.63) is 36.8 Å². The Balaban J connectivity index is 2.83. The Labute approximate surface area is 106 Å². The van der Waals surface area contributed by atoms with Crippen LogP contribution in [0.2, 0.25) is 0 Å². The zero-order chi connectivity index (χ0) is 12.0. The number of hydrogen-bond acceptors (Lipinski definition) is 4. The van der Waals surface area contributed by atoms with Crippen molar-refractivity contribution in [3.63, 3.8) is 0 Å². The van der Waals surface area contributed by atoms with Crippen LogP contribution in [0.15, 0.2) is 31.1 Å². The van der Waals surface area contributed by atoms with E-state index in [0.717, 1.165) is 9.59 Å². The van der Waals surface area contributed by atoms with Crippen LogP contribution in [0.1, 0.15) is 12.6 Å². The van der Waals surface area contributed by atoms with Gasteiger partial charge >= 0.3 is 106 Å². The van der Waals surface area contributed by atoms with E-state index in [-0.39, 0.29) is 0 Å². The Morgan fingerprint density at radius 1 is 1.56 bits per heavy atom. The van der Waals surface area contributed by atoms with Gasteiger partial charge in [-0.05, 0) is 0 Å². The van der Waals surface area contributed by atoms with Gasteiger partial charge in [0.25, 0.3) is 0 Å². The molecule has 1 aromatic rings. The molecule has 5 heteroatoms. The van der Waals surface area contributed by atoms with E-state index in [1.807, 2.05) is 19.1 Å². The standard InChI is InChI=1S/C11H13N3O.W/c1-3-15-11-8-13-7-10(14-11)9(2)5-4-6-12;/h4-5,7-8H,2-3,12H2,1H3;/b5-4-;. The normalized spacial score (nSPS) is 10.4. The van der Waals surface area contributed by atoms with Crippen molar-refractivity contribution in [2.75, 3.05) is 6.61 Å². The summed E-state index contributed by atoms with van der Waals surface area (Å²) in [6.45, 7) is 6.36. The summed E-state index contributed by atoms with van der Waals surface area (Å²) in [5.41, 5.74) is 7.02. The number of nitrogens with zero attached hydrogens (tertiary/aromatic N) is 2. The Hall–Kier alpha value is -1.12. The van der Waals surface area contributed by atoms with Crippen LogP contribution in [-0.2, 0) is 19.4 Å². The van der Waals surface area contributed by atoms with Crippen LogP contribution in [0.5, 0.6) is 5.88 Å². The molecule has 0 aliphatic carbocycles. The van der Waals surface area contributed by atoms with Crippen molar-refractivity contribution in [1.82, 2.24) is 9.97 Å². The van der Waals surface area contributed by atoms with E-state index < -0.39 is 0 Å². The molecule has 84 valence electrons. The number of hydrogen-bond donors (Lipinski definition) is 1. The molecule has 2 N–H and O–H groups in total. The zero-order valence-electron chi connectivity index (χ0n) is 9.01. The summed E-state index contributed by atoms with van der Waals surface area (Å²) in [6, 6.07) is 0. The quantitative estimate of drug-likeness (QED) is 0.769. The summed E-state index contributed by atoms with van der Waals surface area (Å²) in [5.74, 6) is 0.508. The second-order valence-electron chi connectivity index (χ2n) is 2.94. The van der Waals surface area contributed by atoms with Gasteiger partial charge < -0.3 is 0 Å². The molecule has 16 heavy (non-hydrogen) atoms.